The summed E-state index contributed by atoms with van der Waals surface area (Å²) in [4.78, 5) is 13.2. The Balaban J connectivity index is 2.33. The fourth-order valence-electron chi connectivity index (χ4n) is 2.91. The van der Waals surface area contributed by atoms with E-state index in [0.29, 0.717) is 43.2 Å². The van der Waals surface area contributed by atoms with E-state index < -0.39 is 4.92 Å². The minimum atomic E-state index is -0.398. The smallest absolute Gasteiger partial charge is 0.277 e. The zero-order chi connectivity index (χ0) is 19.1. The maximum Gasteiger partial charge on any atom is 0.277 e. The van der Waals surface area contributed by atoms with Gasteiger partial charge >= 0.3 is 0 Å². The van der Waals surface area contributed by atoms with Gasteiger partial charge in [0.1, 0.15) is 0 Å². The molecule has 2 rings (SSSR count). The van der Waals surface area contributed by atoms with E-state index in [1.54, 1.807) is 6.07 Å². The molecule has 2 aromatic carbocycles. The van der Waals surface area contributed by atoms with Gasteiger partial charge in [0.2, 0.25) is 0 Å². The molecule has 0 unspecified atom stereocenters. The molecule has 7 nitrogen and oxygen atoms in total. The van der Waals surface area contributed by atoms with Crippen LogP contribution in [0.1, 0.15) is 16.7 Å². The summed E-state index contributed by atoms with van der Waals surface area (Å²) in [6.07, 6.45) is 0. The Labute approximate surface area is 153 Å². The Morgan fingerprint density at radius 2 is 1.81 bits per heavy atom. The number of nitrogens with zero attached hydrogens (tertiary/aromatic N) is 2. The highest BCUT2D eigenvalue weighted by molar-refractivity contribution is 5.54. The van der Waals surface area contributed by atoms with Crippen LogP contribution in [-0.4, -0.2) is 37.1 Å². The van der Waals surface area contributed by atoms with E-state index in [1.807, 2.05) is 25.1 Å². The lowest BCUT2D eigenvalue weighted by Gasteiger charge is -2.22. The zero-order valence-electron chi connectivity index (χ0n) is 15.4. The second-order valence-electron chi connectivity index (χ2n) is 6.08. The number of rotatable bonds is 9. The molecular formula is C19H25N3O4. The number of nitro groups is 1. The molecule has 0 atom stereocenters. The van der Waals surface area contributed by atoms with Gasteiger partial charge in [-0.1, -0.05) is 29.8 Å². The minimum Gasteiger partial charge on any atom is -0.493 e. The average molecular weight is 359 g/mol. The van der Waals surface area contributed by atoms with E-state index in [4.69, 9.17) is 15.2 Å². The fourth-order valence-corrected chi connectivity index (χ4v) is 2.91. The number of ether oxygens (including phenoxy) is 2. The van der Waals surface area contributed by atoms with Gasteiger partial charge in [-0.25, -0.2) is 0 Å². The summed E-state index contributed by atoms with van der Waals surface area (Å²) >= 11 is 0. The number of aryl methyl sites for hydroxylation is 1. The largest absolute Gasteiger partial charge is 0.493 e. The molecule has 0 saturated carbocycles. The Morgan fingerprint density at radius 3 is 2.38 bits per heavy atom. The van der Waals surface area contributed by atoms with E-state index in [2.05, 4.69) is 11.0 Å². The second kappa shape index (κ2) is 9.17. The summed E-state index contributed by atoms with van der Waals surface area (Å²) in [6, 6.07) is 11.3. The molecule has 0 radical (unpaired) electrons. The summed E-state index contributed by atoms with van der Waals surface area (Å²) in [5.41, 5.74) is 8.63. The lowest BCUT2D eigenvalue weighted by Crippen LogP contribution is -2.29. The molecule has 0 amide bonds. The van der Waals surface area contributed by atoms with Crippen LogP contribution < -0.4 is 15.2 Å². The molecule has 0 aliphatic carbocycles. The van der Waals surface area contributed by atoms with Crippen LogP contribution >= 0.6 is 0 Å². The van der Waals surface area contributed by atoms with Crippen molar-refractivity contribution in [1.82, 2.24) is 4.90 Å². The van der Waals surface area contributed by atoms with Crippen LogP contribution in [-0.2, 0) is 13.1 Å². The molecule has 0 aromatic heterocycles. The third-order valence-electron chi connectivity index (χ3n) is 4.11. The highest BCUT2D eigenvalue weighted by Gasteiger charge is 2.21. The molecule has 0 aliphatic rings. The van der Waals surface area contributed by atoms with E-state index in [1.165, 1.54) is 25.8 Å². The van der Waals surface area contributed by atoms with Gasteiger partial charge in [0, 0.05) is 31.7 Å². The standard InChI is InChI=1S/C19H25N3O4/c1-14-5-4-6-15(9-14)12-21(8-7-20)13-16-10-18(25-2)19(26-3)11-17(16)22(23)24/h4-6,9-11H,7-8,12-13,20H2,1-3H3. The van der Waals surface area contributed by atoms with Crippen LogP contribution in [0, 0.1) is 17.0 Å². The Hall–Kier alpha value is -2.64. The molecule has 0 saturated heterocycles. The highest BCUT2D eigenvalue weighted by atomic mass is 16.6. The maximum atomic E-state index is 11.5. The molecule has 2 aromatic rings. The molecular weight excluding hydrogens is 334 g/mol. The van der Waals surface area contributed by atoms with Crippen molar-refractivity contribution in [2.75, 3.05) is 27.3 Å². The van der Waals surface area contributed by atoms with Gasteiger partial charge in [-0.2, -0.15) is 0 Å². The first kappa shape index (κ1) is 19.7. The Morgan fingerprint density at radius 1 is 1.12 bits per heavy atom. The molecule has 140 valence electrons. The summed E-state index contributed by atoms with van der Waals surface area (Å²) in [5, 5.41) is 11.5. The topological polar surface area (TPSA) is 90.9 Å². The minimum absolute atomic E-state index is 0.00825. The molecule has 0 spiro atoms. The van der Waals surface area contributed by atoms with Crippen molar-refractivity contribution in [2.24, 2.45) is 5.73 Å². The van der Waals surface area contributed by atoms with Crippen LogP contribution in [0.2, 0.25) is 0 Å². The third kappa shape index (κ3) is 4.93. The van der Waals surface area contributed by atoms with Gasteiger partial charge in [-0.05, 0) is 18.6 Å². The van der Waals surface area contributed by atoms with Crippen molar-refractivity contribution in [2.45, 2.75) is 20.0 Å². The van der Waals surface area contributed by atoms with E-state index in [-0.39, 0.29) is 5.69 Å². The van der Waals surface area contributed by atoms with Crippen molar-refractivity contribution in [1.29, 1.82) is 0 Å². The summed E-state index contributed by atoms with van der Waals surface area (Å²) < 4.78 is 10.5. The fraction of sp³-hybridized carbons (Fsp3) is 0.368. The quantitative estimate of drug-likeness (QED) is 0.547. The van der Waals surface area contributed by atoms with E-state index in [0.717, 1.165) is 5.56 Å². The van der Waals surface area contributed by atoms with Crippen molar-refractivity contribution >= 4 is 5.69 Å². The van der Waals surface area contributed by atoms with E-state index >= 15 is 0 Å². The predicted molar refractivity (Wildman–Crippen MR) is 101 cm³/mol. The Bertz CT molecular complexity index is 764. The molecule has 0 bridgehead atoms. The maximum absolute atomic E-state index is 11.5. The van der Waals surface area contributed by atoms with Gasteiger partial charge < -0.3 is 15.2 Å². The number of methoxy groups -OCH3 is 2. The Kier molecular flexibility index (Phi) is 6.94. The molecule has 0 fully saturated rings. The third-order valence-corrected chi connectivity index (χ3v) is 4.11. The summed E-state index contributed by atoms with van der Waals surface area (Å²) in [6.45, 7) is 4.18. The zero-order valence-corrected chi connectivity index (χ0v) is 15.4. The van der Waals surface area contributed by atoms with Crippen LogP contribution in [0.15, 0.2) is 36.4 Å². The van der Waals surface area contributed by atoms with Crippen LogP contribution in [0.4, 0.5) is 5.69 Å². The lowest BCUT2D eigenvalue weighted by molar-refractivity contribution is -0.385. The highest BCUT2D eigenvalue weighted by Crippen LogP contribution is 2.35. The molecule has 26 heavy (non-hydrogen) atoms. The molecule has 0 heterocycles. The lowest BCUT2D eigenvalue weighted by atomic mass is 10.1. The first-order valence-electron chi connectivity index (χ1n) is 8.35. The van der Waals surface area contributed by atoms with Crippen LogP contribution in [0.3, 0.4) is 0 Å². The SMILES string of the molecule is COc1cc(CN(CCN)Cc2cccc(C)c2)c([N+](=O)[O-])cc1OC. The van der Waals surface area contributed by atoms with Crippen molar-refractivity contribution in [3.05, 3.63) is 63.2 Å². The molecule has 7 heteroatoms. The van der Waals surface area contributed by atoms with Crippen LogP contribution in [0.25, 0.3) is 0 Å². The van der Waals surface area contributed by atoms with Gasteiger partial charge in [0.25, 0.3) is 5.69 Å². The normalized spacial score (nSPS) is 10.8. The van der Waals surface area contributed by atoms with Gasteiger partial charge in [-0.3, -0.25) is 15.0 Å². The first-order valence-corrected chi connectivity index (χ1v) is 8.35. The predicted octanol–water partition coefficient (Wildman–Crippen LogP) is 2.88. The number of hydrogen-bond donors (Lipinski definition) is 1. The number of nitrogens with two attached hydrogens (primary N) is 1. The van der Waals surface area contributed by atoms with Gasteiger partial charge in [0.15, 0.2) is 11.5 Å². The summed E-state index contributed by atoms with van der Waals surface area (Å²) in [7, 11) is 2.97. The monoisotopic (exact) mass is 359 g/mol. The second-order valence-corrected chi connectivity index (χ2v) is 6.08. The average Bonchev–Trinajstić information content (AvgIpc) is 2.61. The number of hydrogen-bond acceptors (Lipinski definition) is 6. The van der Waals surface area contributed by atoms with Crippen LogP contribution in [0.5, 0.6) is 11.5 Å². The van der Waals surface area contributed by atoms with Crippen molar-refractivity contribution in [3.8, 4) is 11.5 Å². The summed E-state index contributed by atoms with van der Waals surface area (Å²) in [5.74, 6) is 0.809. The molecule has 0 aliphatic heterocycles. The molecule has 2 N–H and O–H groups in total. The van der Waals surface area contributed by atoms with Crippen molar-refractivity contribution < 1.29 is 14.4 Å². The number of benzene rings is 2. The van der Waals surface area contributed by atoms with Gasteiger partial charge in [0.05, 0.1) is 25.2 Å². The number of nitro benzene ring substituents is 1. The van der Waals surface area contributed by atoms with E-state index in [9.17, 15) is 10.1 Å². The van der Waals surface area contributed by atoms with Gasteiger partial charge in [-0.15, -0.1) is 0 Å². The van der Waals surface area contributed by atoms with Crippen molar-refractivity contribution in [3.63, 3.8) is 0 Å². The first-order chi connectivity index (χ1) is 12.5.